The number of hydrogen-bond acceptors (Lipinski definition) is 1. The summed E-state index contributed by atoms with van der Waals surface area (Å²) in [6.45, 7) is 2.72. The molecule has 0 saturated heterocycles. The number of halogens is 3. The Kier molecular flexibility index (Phi) is 6.78. The summed E-state index contributed by atoms with van der Waals surface area (Å²) in [6, 6.07) is 19.3. The first-order chi connectivity index (χ1) is 17.3. The Labute approximate surface area is 210 Å². The van der Waals surface area contributed by atoms with Crippen molar-refractivity contribution in [2.45, 2.75) is 57.5 Å². The fourth-order valence-corrected chi connectivity index (χ4v) is 5.67. The molecule has 36 heavy (non-hydrogen) atoms. The zero-order chi connectivity index (χ0) is 25.3. The monoisotopic (exact) mass is 492 g/mol. The normalized spacial score (nSPS) is 19.7. The number of carbonyl (C=O) groups excluding carboxylic acids is 1. The van der Waals surface area contributed by atoms with Gasteiger partial charge in [0.15, 0.2) is 0 Å². The molecule has 0 bridgehead atoms. The van der Waals surface area contributed by atoms with E-state index in [9.17, 15) is 18.0 Å². The maximum absolute atomic E-state index is 13.3. The third-order valence-corrected chi connectivity index (χ3v) is 7.83. The van der Waals surface area contributed by atoms with Gasteiger partial charge in [0.2, 0.25) is 0 Å². The second-order valence-electron chi connectivity index (χ2n) is 9.97. The van der Waals surface area contributed by atoms with E-state index in [-0.39, 0.29) is 5.69 Å². The van der Waals surface area contributed by atoms with Crippen LogP contribution in [0.25, 0.3) is 11.1 Å². The minimum atomic E-state index is -4.54. The standard InChI is InChI=1S/C30H31F3N2O/c1-2-20-7-9-21(10-8-20)22-11-13-23(14-12-22)24-15-16-28-25(19-24)17-18-35(28)29(36)34-27-6-4-3-5-26(27)30(31,32)33/h3-6,11-16,19-21H,2,7-10,17-18H2,1H3,(H,34,36). The van der Waals surface area contributed by atoms with Crippen LogP contribution in [0, 0.1) is 5.92 Å². The molecule has 0 unspecified atom stereocenters. The van der Waals surface area contributed by atoms with Gasteiger partial charge in [-0.3, -0.25) is 4.90 Å². The molecule has 1 saturated carbocycles. The van der Waals surface area contributed by atoms with E-state index in [2.05, 4.69) is 42.6 Å². The van der Waals surface area contributed by atoms with E-state index in [0.717, 1.165) is 34.4 Å². The van der Waals surface area contributed by atoms with Gasteiger partial charge in [-0.2, -0.15) is 13.2 Å². The van der Waals surface area contributed by atoms with Crippen LogP contribution in [0.1, 0.15) is 61.6 Å². The predicted molar refractivity (Wildman–Crippen MR) is 138 cm³/mol. The van der Waals surface area contributed by atoms with Gasteiger partial charge in [-0.1, -0.05) is 55.8 Å². The zero-order valence-corrected chi connectivity index (χ0v) is 20.4. The number of carbonyl (C=O) groups is 1. The minimum Gasteiger partial charge on any atom is -0.307 e. The number of fused-ring (bicyclic) bond motifs is 1. The van der Waals surface area contributed by atoms with Crippen LogP contribution in [0.15, 0.2) is 66.7 Å². The molecule has 3 aromatic rings. The molecule has 1 aliphatic heterocycles. The van der Waals surface area contributed by atoms with E-state index in [1.165, 1.54) is 60.8 Å². The molecule has 0 aromatic heterocycles. The number of amides is 2. The molecular formula is C30H31F3N2O. The summed E-state index contributed by atoms with van der Waals surface area (Å²) in [4.78, 5) is 14.4. The minimum absolute atomic E-state index is 0.233. The van der Waals surface area contributed by atoms with Crippen molar-refractivity contribution in [1.29, 1.82) is 0 Å². The molecule has 2 aliphatic rings. The lowest BCUT2D eigenvalue weighted by atomic mass is 9.77. The predicted octanol–water partition coefficient (Wildman–Crippen LogP) is 8.65. The summed E-state index contributed by atoms with van der Waals surface area (Å²) in [6.07, 6.45) is 2.58. The summed E-state index contributed by atoms with van der Waals surface area (Å²) in [7, 11) is 0. The average Bonchev–Trinajstić information content (AvgIpc) is 3.32. The largest absolute Gasteiger partial charge is 0.418 e. The van der Waals surface area contributed by atoms with Gasteiger partial charge in [0.25, 0.3) is 0 Å². The highest BCUT2D eigenvalue weighted by Crippen LogP contribution is 2.39. The summed E-state index contributed by atoms with van der Waals surface area (Å²) in [5, 5.41) is 2.46. The first kappa shape index (κ1) is 24.4. The second kappa shape index (κ2) is 10.00. The van der Waals surface area contributed by atoms with Crippen LogP contribution in [0.4, 0.5) is 29.3 Å². The van der Waals surface area contributed by atoms with E-state index in [0.29, 0.717) is 18.9 Å². The zero-order valence-electron chi connectivity index (χ0n) is 20.4. The third kappa shape index (κ3) is 4.99. The number of anilines is 2. The Morgan fingerprint density at radius 3 is 2.33 bits per heavy atom. The molecule has 5 rings (SSSR count). The van der Waals surface area contributed by atoms with Crippen molar-refractivity contribution in [2.75, 3.05) is 16.8 Å². The van der Waals surface area contributed by atoms with E-state index in [4.69, 9.17) is 0 Å². The van der Waals surface area contributed by atoms with Gasteiger partial charge in [0.05, 0.1) is 11.3 Å². The van der Waals surface area contributed by atoms with E-state index in [1.807, 2.05) is 12.1 Å². The molecule has 2 amide bonds. The summed E-state index contributed by atoms with van der Waals surface area (Å²) >= 11 is 0. The number of para-hydroxylation sites is 1. The fourth-order valence-electron chi connectivity index (χ4n) is 5.67. The molecule has 1 N–H and O–H groups in total. The summed E-state index contributed by atoms with van der Waals surface area (Å²) in [5.74, 6) is 1.53. The van der Waals surface area contributed by atoms with Crippen LogP contribution in [0.2, 0.25) is 0 Å². The van der Waals surface area contributed by atoms with Gasteiger partial charge in [0, 0.05) is 12.2 Å². The Morgan fingerprint density at radius 2 is 1.64 bits per heavy atom. The Balaban J connectivity index is 1.29. The SMILES string of the molecule is CCC1CCC(c2ccc(-c3ccc4c(c3)CCN4C(=O)Nc3ccccc3C(F)(F)F)cc2)CC1. The lowest BCUT2D eigenvalue weighted by Crippen LogP contribution is -2.34. The van der Waals surface area contributed by atoms with Crippen molar-refractivity contribution in [3.05, 3.63) is 83.4 Å². The molecule has 0 atom stereocenters. The maximum Gasteiger partial charge on any atom is 0.418 e. The van der Waals surface area contributed by atoms with Gasteiger partial charge in [-0.25, -0.2) is 4.79 Å². The molecular weight excluding hydrogens is 461 g/mol. The Hall–Kier alpha value is -3.28. The molecule has 1 fully saturated rings. The van der Waals surface area contributed by atoms with Crippen molar-refractivity contribution in [2.24, 2.45) is 5.92 Å². The lowest BCUT2D eigenvalue weighted by Gasteiger charge is -2.28. The number of nitrogens with zero attached hydrogens (tertiary/aromatic N) is 1. The molecule has 0 radical (unpaired) electrons. The highest BCUT2D eigenvalue weighted by atomic mass is 19.4. The summed E-state index contributed by atoms with van der Waals surface area (Å²) in [5.41, 5.74) is 4.30. The molecule has 3 aromatic carbocycles. The number of hydrogen-bond donors (Lipinski definition) is 1. The number of urea groups is 1. The average molecular weight is 493 g/mol. The fraction of sp³-hybridized carbons (Fsp3) is 0.367. The van der Waals surface area contributed by atoms with E-state index >= 15 is 0 Å². The van der Waals surface area contributed by atoms with Crippen LogP contribution in [-0.4, -0.2) is 12.6 Å². The van der Waals surface area contributed by atoms with Crippen LogP contribution < -0.4 is 10.2 Å². The maximum atomic E-state index is 13.3. The summed E-state index contributed by atoms with van der Waals surface area (Å²) < 4.78 is 40.0. The van der Waals surface area contributed by atoms with Crippen LogP contribution in [0.5, 0.6) is 0 Å². The molecule has 6 heteroatoms. The first-order valence-corrected chi connectivity index (χ1v) is 12.8. The van der Waals surface area contributed by atoms with Crippen LogP contribution in [0.3, 0.4) is 0 Å². The Bertz CT molecular complexity index is 1230. The third-order valence-electron chi connectivity index (χ3n) is 7.83. The number of nitrogens with one attached hydrogen (secondary N) is 1. The smallest absolute Gasteiger partial charge is 0.307 e. The quantitative estimate of drug-likeness (QED) is 0.388. The molecule has 1 aliphatic carbocycles. The van der Waals surface area contributed by atoms with E-state index in [1.54, 1.807) is 0 Å². The lowest BCUT2D eigenvalue weighted by molar-refractivity contribution is -0.136. The van der Waals surface area contributed by atoms with Gasteiger partial charge < -0.3 is 5.32 Å². The van der Waals surface area contributed by atoms with Crippen LogP contribution in [-0.2, 0) is 12.6 Å². The van der Waals surface area contributed by atoms with Crippen molar-refractivity contribution in [1.82, 2.24) is 0 Å². The van der Waals surface area contributed by atoms with Crippen LogP contribution >= 0.6 is 0 Å². The number of rotatable bonds is 4. The van der Waals surface area contributed by atoms with Crippen molar-refractivity contribution in [3.8, 4) is 11.1 Å². The number of alkyl halides is 3. The molecule has 1 heterocycles. The molecule has 3 nitrogen and oxygen atoms in total. The number of benzene rings is 3. The highest BCUT2D eigenvalue weighted by molar-refractivity contribution is 6.03. The Morgan fingerprint density at radius 1 is 0.944 bits per heavy atom. The van der Waals surface area contributed by atoms with Gasteiger partial charge in [-0.05, 0) is 90.5 Å². The molecule has 188 valence electrons. The first-order valence-electron chi connectivity index (χ1n) is 12.8. The van der Waals surface area contributed by atoms with Gasteiger partial charge >= 0.3 is 12.2 Å². The van der Waals surface area contributed by atoms with Crippen molar-refractivity contribution in [3.63, 3.8) is 0 Å². The topological polar surface area (TPSA) is 32.3 Å². The van der Waals surface area contributed by atoms with Crippen molar-refractivity contribution < 1.29 is 18.0 Å². The van der Waals surface area contributed by atoms with Gasteiger partial charge in [-0.15, -0.1) is 0 Å². The van der Waals surface area contributed by atoms with Gasteiger partial charge in [0.1, 0.15) is 0 Å². The second-order valence-corrected chi connectivity index (χ2v) is 9.97. The highest BCUT2D eigenvalue weighted by Gasteiger charge is 2.34. The van der Waals surface area contributed by atoms with E-state index < -0.39 is 17.8 Å². The molecule has 0 spiro atoms. The van der Waals surface area contributed by atoms with Crippen molar-refractivity contribution >= 4 is 17.4 Å².